The number of carbonyl (C=O) groups excluding carboxylic acids is 1. The summed E-state index contributed by atoms with van der Waals surface area (Å²) in [6.45, 7) is 3.91. The maximum Gasteiger partial charge on any atom is 0.409 e. The van der Waals surface area contributed by atoms with Crippen LogP contribution in [0.3, 0.4) is 0 Å². The molecule has 3 heterocycles. The summed E-state index contributed by atoms with van der Waals surface area (Å²) in [5, 5.41) is 1.42. The number of rotatable bonds is 2. The number of piperidine rings is 1. The van der Waals surface area contributed by atoms with Gasteiger partial charge in [-0.15, -0.1) is 0 Å². The number of likely N-dealkylation sites (tertiary alicyclic amines) is 1. The van der Waals surface area contributed by atoms with Gasteiger partial charge < -0.3 is 23.8 Å². The van der Waals surface area contributed by atoms with Gasteiger partial charge in [0.15, 0.2) is 0 Å². The topological polar surface area (TPSA) is 46.9 Å². The van der Waals surface area contributed by atoms with E-state index in [0.717, 1.165) is 19.4 Å². The zero-order valence-electron chi connectivity index (χ0n) is 17.1. The van der Waals surface area contributed by atoms with Crippen molar-refractivity contribution in [1.29, 1.82) is 0 Å². The Morgan fingerprint density at radius 2 is 2.07 bits per heavy atom. The van der Waals surface area contributed by atoms with Crippen molar-refractivity contribution in [2.45, 2.75) is 24.8 Å². The van der Waals surface area contributed by atoms with Gasteiger partial charge in [0.25, 0.3) is 0 Å². The quantitative estimate of drug-likeness (QED) is 0.687. The van der Waals surface area contributed by atoms with Crippen LogP contribution in [-0.2, 0) is 22.9 Å². The van der Waals surface area contributed by atoms with E-state index in [1.54, 1.807) is 4.90 Å². The van der Waals surface area contributed by atoms with Gasteiger partial charge in [-0.3, -0.25) is 0 Å². The fourth-order valence-corrected chi connectivity index (χ4v) is 6.05. The molecule has 2 fully saturated rings. The first kappa shape index (κ1) is 19.4. The molecule has 2 saturated heterocycles. The third-order valence-electron chi connectivity index (χ3n) is 6.97. The Labute approximate surface area is 179 Å². The van der Waals surface area contributed by atoms with Crippen LogP contribution in [0.25, 0.3) is 10.9 Å². The van der Waals surface area contributed by atoms with E-state index < -0.39 is 0 Å². The lowest BCUT2D eigenvalue weighted by Crippen LogP contribution is -2.49. The Morgan fingerprint density at radius 3 is 2.86 bits per heavy atom. The maximum absolute atomic E-state index is 12.4. The zero-order chi connectivity index (χ0) is 20.1. The van der Waals surface area contributed by atoms with Gasteiger partial charge in [0, 0.05) is 55.5 Å². The number of morpholine rings is 1. The molecule has 0 N–H and O–H groups in total. The number of amides is 1. The fourth-order valence-electron chi connectivity index (χ4n) is 5.50. The Hall–Kier alpha value is -1.57. The molecule has 5 rings (SSSR count). The minimum atomic E-state index is -0.196. The molecule has 0 spiro atoms. The lowest BCUT2D eigenvalue weighted by molar-refractivity contribution is 0.0132. The third-order valence-corrected chi connectivity index (χ3v) is 7.98. The molecule has 0 bridgehead atoms. The molecule has 29 heavy (non-hydrogen) atoms. The van der Waals surface area contributed by atoms with Crippen molar-refractivity contribution in [2.24, 2.45) is 13.0 Å². The van der Waals surface area contributed by atoms with Crippen LogP contribution in [0.2, 0.25) is 0 Å². The van der Waals surface area contributed by atoms with E-state index in [1.807, 2.05) is 0 Å². The second kappa shape index (κ2) is 7.60. The molecule has 1 amide bonds. The second-order valence-corrected chi connectivity index (χ2v) is 9.42. The van der Waals surface area contributed by atoms with Gasteiger partial charge in [-0.25, -0.2) is 4.79 Å². The number of hydrogen-bond acceptors (Lipinski definition) is 4. The van der Waals surface area contributed by atoms with Gasteiger partial charge in [-0.2, -0.15) is 0 Å². The van der Waals surface area contributed by atoms with Gasteiger partial charge in [0.2, 0.25) is 0 Å². The number of fused-ring (bicyclic) bond motifs is 2. The monoisotopic (exact) mass is 461 g/mol. The molecule has 1 aliphatic carbocycles. The standard InChI is InChI=1S/C22H28BrN3O3/c1-24-12-14(13-29-22(27)26-6-8-28-9-7-26)10-16-15-4-3-5-18-20(15)17(11-19(16)24)21(23)25(18)2/h3-5,14,16,19H,6-13H2,1-2H3/t14-,16?,19-/m1/s1. The van der Waals surface area contributed by atoms with Crippen LogP contribution < -0.4 is 0 Å². The molecule has 0 radical (unpaired) electrons. The summed E-state index contributed by atoms with van der Waals surface area (Å²) in [6.07, 6.45) is 1.94. The Balaban J connectivity index is 1.35. The molecule has 2 aromatic rings. The van der Waals surface area contributed by atoms with Gasteiger partial charge in [0.1, 0.15) is 0 Å². The average molecular weight is 462 g/mol. The van der Waals surface area contributed by atoms with Gasteiger partial charge in [0.05, 0.1) is 24.4 Å². The van der Waals surface area contributed by atoms with Crippen molar-refractivity contribution in [2.75, 3.05) is 46.5 Å². The number of carbonyl (C=O) groups is 1. The lowest BCUT2D eigenvalue weighted by Gasteiger charge is -2.45. The van der Waals surface area contributed by atoms with Gasteiger partial charge in [-0.1, -0.05) is 12.1 Å². The number of ether oxygens (including phenoxy) is 2. The van der Waals surface area contributed by atoms with E-state index in [-0.39, 0.29) is 6.09 Å². The third kappa shape index (κ3) is 3.27. The van der Waals surface area contributed by atoms with E-state index in [0.29, 0.717) is 50.8 Å². The Bertz CT molecular complexity index is 937. The summed E-state index contributed by atoms with van der Waals surface area (Å²) in [7, 11) is 4.35. The highest BCUT2D eigenvalue weighted by atomic mass is 79.9. The molecule has 156 valence electrons. The number of nitrogens with zero attached hydrogens (tertiary/aromatic N) is 3. The van der Waals surface area contributed by atoms with Crippen molar-refractivity contribution in [1.82, 2.24) is 14.4 Å². The number of aryl methyl sites for hydroxylation is 1. The average Bonchev–Trinajstić information content (AvgIpc) is 2.99. The van der Waals surface area contributed by atoms with Crippen LogP contribution in [0.5, 0.6) is 0 Å². The van der Waals surface area contributed by atoms with E-state index in [9.17, 15) is 4.79 Å². The summed E-state index contributed by atoms with van der Waals surface area (Å²) >= 11 is 3.82. The van der Waals surface area contributed by atoms with Crippen LogP contribution in [0.1, 0.15) is 23.5 Å². The molecular weight excluding hydrogens is 434 g/mol. The minimum absolute atomic E-state index is 0.196. The smallest absolute Gasteiger partial charge is 0.409 e. The Kier molecular flexibility index (Phi) is 5.08. The van der Waals surface area contributed by atoms with Gasteiger partial charge in [-0.05, 0) is 53.0 Å². The van der Waals surface area contributed by atoms with Crippen LogP contribution >= 0.6 is 15.9 Å². The zero-order valence-corrected chi connectivity index (χ0v) is 18.7. The molecule has 3 atom stereocenters. The van der Waals surface area contributed by atoms with E-state index in [4.69, 9.17) is 9.47 Å². The minimum Gasteiger partial charge on any atom is -0.449 e. The summed E-state index contributed by atoms with van der Waals surface area (Å²) in [5.74, 6) is 0.835. The van der Waals surface area contributed by atoms with Crippen LogP contribution in [0.15, 0.2) is 22.8 Å². The molecule has 7 heteroatoms. The first-order valence-corrected chi connectivity index (χ1v) is 11.3. The highest BCUT2D eigenvalue weighted by Gasteiger charge is 2.40. The van der Waals surface area contributed by atoms with Gasteiger partial charge >= 0.3 is 6.09 Å². The van der Waals surface area contributed by atoms with Crippen molar-refractivity contribution in [3.05, 3.63) is 33.9 Å². The molecule has 1 aromatic carbocycles. The predicted octanol–water partition coefficient (Wildman–Crippen LogP) is 3.37. The number of likely N-dealkylation sites (N-methyl/N-ethyl adjacent to an activating group) is 1. The van der Waals surface area contributed by atoms with E-state index >= 15 is 0 Å². The van der Waals surface area contributed by atoms with Crippen molar-refractivity contribution >= 4 is 32.9 Å². The number of halogens is 1. The maximum atomic E-state index is 12.4. The summed E-state index contributed by atoms with van der Waals surface area (Å²) in [5.41, 5.74) is 4.18. The summed E-state index contributed by atoms with van der Waals surface area (Å²) in [6, 6.07) is 7.18. The largest absolute Gasteiger partial charge is 0.449 e. The SMILES string of the molecule is CN1C[C@H](COC(=O)N2CCOCC2)CC2c3cccc4c3c(c(Br)n4C)C[C@H]21. The van der Waals surface area contributed by atoms with Crippen LogP contribution in [-0.4, -0.2) is 73.0 Å². The molecule has 1 aromatic heterocycles. The fraction of sp³-hybridized carbons (Fsp3) is 0.591. The van der Waals surface area contributed by atoms with Crippen LogP contribution in [0.4, 0.5) is 4.79 Å². The Morgan fingerprint density at radius 1 is 1.28 bits per heavy atom. The molecule has 0 saturated carbocycles. The highest BCUT2D eigenvalue weighted by Crippen LogP contribution is 2.47. The molecule has 3 aliphatic rings. The van der Waals surface area contributed by atoms with Crippen molar-refractivity contribution < 1.29 is 14.3 Å². The molecular formula is C22H28BrN3O3. The normalized spacial score (nSPS) is 27.1. The molecule has 2 aliphatic heterocycles. The number of aromatic nitrogens is 1. The highest BCUT2D eigenvalue weighted by molar-refractivity contribution is 9.10. The second-order valence-electron chi connectivity index (χ2n) is 8.67. The summed E-state index contributed by atoms with van der Waals surface area (Å²) < 4.78 is 14.5. The first-order valence-electron chi connectivity index (χ1n) is 10.5. The van der Waals surface area contributed by atoms with E-state index in [2.05, 4.69) is 57.7 Å². The summed E-state index contributed by atoms with van der Waals surface area (Å²) in [4.78, 5) is 16.6. The molecule has 6 nitrogen and oxygen atoms in total. The van der Waals surface area contributed by atoms with Crippen molar-refractivity contribution in [3.63, 3.8) is 0 Å². The molecule has 1 unspecified atom stereocenters. The number of hydrogen-bond donors (Lipinski definition) is 0. The predicted molar refractivity (Wildman–Crippen MR) is 115 cm³/mol. The van der Waals surface area contributed by atoms with Crippen molar-refractivity contribution in [3.8, 4) is 0 Å². The van der Waals surface area contributed by atoms with Crippen LogP contribution in [0, 0.1) is 5.92 Å². The first-order chi connectivity index (χ1) is 14.0. The number of benzene rings is 1. The van der Waals surface area contributed by atoms with E-state index in [1.165, 1.54) is 26.6 Å². The lowest BCUT2D eigenvalue weighted by atomic mass is 9.72.